The molecule has 1 heterocycles. The van der Waals surface area contributed by atoms with Gasteiger partial charge in [-0.25, -0.2) is 14.4 Å². The highest BCUT2D eigenvalue weighted by atomic mass is 16.6. The summed E-state index contributed by atoms with van der Waals surface area (Å²) in [5.74, 6) is -1.56. The van der Waals surface area contributed by atoms with Crippen molar-refractivity contribution in [3.8, 4) is 0 Å². The number of amides is 2. The average molecular weight is 436 g/mol. The van der Waals surface area contributed by atoms with Crippen LogP contribution in [0, 0.1) is 0 Å². The topological polar surface area (TPSA) is 184 Å². The fourth-order valence-electron chi connectivity index (χ4n) is 2.64. The largest absolute Gasteiger partial charge is 0.480 e. The van der Waals surface area contributed by atoms with Crippen LogP contribution in [0.5, 0.6) is 0 Å². The van der Waals surface area contributed by atoms with Crippen molar-refractivity contribution in [3.63, 3.8) is 0 Å². The monoisotopic (exact) mass is 436 g/mol. The molecule has 1 aliphatic heterocycles. The van der Waals surface area contributed by atoms with E-state index >= 15 is 0 Å². The number of ether oxygens (including phenoxy) is 3. The predicted molar refractivity (Wildman–Crippen MR) is 102 cm³/mol. The lowest BCUT2D eigenvalue weighted by atomic mass is 9.91. The first-order valence-corrected chi connectivity index (χ1v) is 9.40. The molecular formula is C18H32N2O10. The molecule has 0 unspecified atom stereocenters. The smallest absolute Gasteiger partial charge is 0.408 e. The molecule has 1 rings (SSSR count). The highest BCUT2D eigenvalue weighted by molar-refractivity contribution is 5.80. The Morgan fingerprint density at radius 1 is 0.900 bits per heavy atom. The summed E-state index contributed by atoms with van der Waals surface area (Å²) in [6.07, 6.45) is -10.1. The molecule has 6 N–H and O–H groups in total. The lowest BCUT2D eigenvalue weighted by Crippen LogP contribution is -2.66. The average Bonchev–Trinajstić information content (AvgIpc) is 2.54. The van der Waals surface area contributed by atoms with Crippen molar-refractivity contribution in [2.75, 3.05) is 6.54 Å². The van der Waals surface area contributed by atoms with Gasteiger partial charge in [0.05, 0.1) is 0 Å². The van der Waals surface area contributed by atoms with Gasteiger partial charge < -0.3 is 45.3 Å². The summed E-state index contributed by atoms with van der Waals surface area (Å²) in [6.45, 7) is 9.32. The van der Waals surface area contributed by atoms with Crippen LogP contribution in [0.1, 0.15) is 41.5 Å². The highest BCUT2D eigenvalue weighted by Gasteiger charge is 2.49. The van der Waals surface area contributed by atoms with Crippen molar-refractivity contribution in [1.29, 1.82) is 0 Å². The molecule has 174 valence electrons. The third-order valence-corrected chi connectivity index (χ3v) is 3.86. The van der Waals surface area contributed by atoms with Crippen LogP contribution in [0.15, 0.2) is 0 Å². The van der Waals surface area contributed by atoms with Crippen LogP contribution >= 0.6 is 0 Å². The number of rotatable bonds is 5. The van der Waals surface area contributed by atoms with E-state index in [1.807, 2.05) is 0 Å². The molecule has 12 nitrogen and oxygen atoms in total. The third kappa shape index (κ3) is 7.94. The first kappa shape index (κ1) is 25.9. The molecule has 0 radical (unpaired) electrons. The molecule has 2 amide bonds. The van der Waals surface area contributed by atoms with E-state index < -0.39 is 65.9 Å². The number of aliphatic carboxylic acids is 1. The molecule has 12 heteroatoms. The minimum atomic E-state index is -1.84. The minimum absolute atomic E-state index is 0.352. The molecular weight excluding hydrogens is 404 g/mol. The maximum Gasteiger partial charge on any atom is 0.408 e. The number of nitrogens with one attached hydrogen (secondary N) is 2. The van der Waals surface area contributed by atoms with Crippen molar-refractivity contribution in [2.24, 2.45) is 0 Å². The van der Waals surface area contributed by atoms with Crippen molar-refractivity contribution < 1.29 is 49.0 Å². The van der Waals surface area contributed by atoms with Crippen LogP contribution in [0.3, 0.4) is 0 Å². The second kappa shape index (κ2) is 9.77. The number of alkyl carbamates (subject to hydrolysis) is 2. The molecule has 0 aromatic rings. The van der Waals surface area contributed by atoms with Gasteiger partial charge >= 0.3 is 18.2 Å². The summed E-state index contributed by atoms with van der Waals surface area (Å²) in [4.78, 5) is 35.5. The van der Waals surface area contributed by atoms with Gasteiger partial charge in [-0.2, -0.15) is 0 Å². The van der Waals surface area contributed by atoms with Crippen LogP contribution < -0.4 is 10.6 Å². The van der Waals surface area contributed by atoms with Crippen LogP contribution in [-0.2, 0) is 19.0 Å². The molecule has 0 saturated carbocycles. The zero-order chi connectivity index (χ0) is 23.4. The Morgan fingerprint density at radius 2 is 1.40 bits per heavy atom. The fourth-order valence-corrected chi connectivity index (χ4v) is 2.64. The Labute approximate surface area is 174 Å². The summed E-state index contributed by atoms with van der Waals surface area (Å²) in [6, 6.07) is -1.80. The van der Waals surface area contributed by atoms with Gasteiger partial charge in [0, 0.05) is 6.54 Å². The Morgan fingerprint density at radius 3 is 1.87 bits per heavy atom. The molecule has 0 aromatic heterocycles. The van der Waals surface area contributed by atoms with Crippen molar-refractivity contribution >= 4 is 18.2 Å². The molecule has 0 aliphatic carbocycles. The first-order valence-electron chi connectivity index (χ1n) is 9.40. The van der Waals surface area contributed by atoms with E-state index in [2.05, 4.69) is 10.6 Å². The number of carboxylic acids is 1. The van der Waals surface area contributed by atoms with Crippen molar-refractivity contribution in [3.05, 3.63) is 0 Å². The zero-order valence-corrected chi connectivity index (χ0v) is 17.9. The number of carbonyl (C=O) groups excluding carboxylic acids is 2. The Bertz CT molecular complexity index is 627. The van der Waals surface area contributed by atoms with Gasteiger partial charge in [0.2, 0.25) is 0 Å². The number of hydrogen-bond donors (Lipinski definition) is 6. The van der Waals surface area contributed by atoms with Crippen LogP contribution in [0.25, 0.3) is 0 Å². The lowest BCUT2D eigenvalue weighted by Gasteiger charge is -2.42. The summed E-state index contributed by atoms with van der Waals surface area (Å²) >= 11 is 0. The molecule has 30 heavy (non-hydrogen) atoms. The van der Waals surface area contributed by atoms with Gasteiger partial charge in [0.15, 0.2) is 6.04 Å². The predicted octanol–water partition coefficient (Wildman–Crippen LogP) is -0.661. The number of carbonyl (C=O) groups is 3. The molecule has 6 atom stereocenters. The fraction of sp³-hybridized carbons (Fsp3) is 0.833. The van der Waals surface area contributed by atoms with E-state index in [1.54, 1.807) is 41.5 Å². The SMILES string of the molecule is CC(C)(C)OC(=O)NC[C@H]1O[C@@H]([C@@H](NC(=O)OC(C)(C)C)C(=O)O)[C@H](O)[C@@H](O)[C@@H]1O. The van der Waals surface area contributed by atoms with E-state index in [-0.39, 0.29) is 6.54 Å². The minimum Gasteiger partial charge on any atom is -0.480 e. The lowest BCUT2D eigenvalue weighted by molar-refractivity contribution is -0.228. The normalized spacial score (nSPS) is 28.2. The second-order valence-electron chi connectivity index (χ2n) is 8.96. The number of aliphatic hydroxyl groups excluding tert-OH is 3. The van der Waals surface area contributed by atoms with Gasteiger partial charge in [-0.1, -0.05) is 0 Å². The maximum atomic E-state index is 12.0. The second-order valence-corrected chi connectivity index (χ2v) is 8.96. The quantitative estimate of drug-likeness (QED) is 0.323. The Balaban J connectivity index is 2.91. The van der Waals surface area contributed by atoms with Crippen molar-refractivity contribution in [1.82, 2.24) is 10.6 Å². The Hall–Kier alpha value is -2.15. The third-order valence-electron chi connectivity index (χ3n) is 3.86. The first-order chi connectivity index (χ1) is 13.5. The van der Waals surface area contributed by atoms with Gasteiger partial charge in [0.25, 0.3) is 0 Å². The molecule has 1 saturated heterocycles. The van der Waals surface area contributed by atoms with Crippen LogP contribution in [0.2, 0.25) is 0 Å². The van der Waals surface area contributed by atoms with Crippen LogP contribution in [-0.4, -0.2) is 92.9 Å². The van der Waals surface area contributed by atoms with Gasteiger partial charge in [-0.3, -0.25) is 0 Å². The van der Waals surface area contributed by atoms with Gasteiger partial charge in [0.1, 0.15) is 41.7 Å². The van der Waals surface area contributed by atoms with E-state index in [0.717, 1.165) is 0 Å². The Kier molecular flexibility index (Phi) is 8.43. The molecule has 0 bridgehead atoms. The molecule has 0 aromatic carbocycles. The molecule has 1 aliphatic rings. The summed E-state index contributed by atoms with van der Waals surface area (Å²) in [7, 11) is 0. The van der Waals surface area contributed by atoms with E-state index in [4.69, 9.17) is 14.2 Å². The highest BCUT2D eigenvalue weighted by Crippen LogP contribution is 2.24. The van der Waals surface area contributed by atoms with Crippen LogP contribution in [0.4, 0.5) is 9.59 Å². The van der Waals surface area contributed by atoms with E-state index in [0.29, 0.717) is 0 Å². The molecule has 0 spiro atoms. The number of aliphatic hydroxyl groups is 3. The van der Waals surface area contributed by atoms with Crippen molar-refractivity contribution in [2.45, 2.75) is 89.3 Å². The van der Waals surface area contributed by atoms with Gasteiger partial charge in [-0.05, 0) is 41.5 Å². The number of hydrogen-bond acceptors (Lipinski definition) is 9. The van der Waals surface area contributed by atoms with E-state index in [9.17, 15) is 34.8 Å². The zero-order valence-electron chi connectivity index (χ0n) is 17.9. The summed E-state index contributed by atoms with van der Waals surface area (Å²) < 4.78 is 15.5. The molecule has 1 fully saturated rings. The summed E-state index contributed by atoms with van der Waals surface area (Å²) in [5.41, 5.74) is -1.69. The summed E-state index contributed by atoms with van der Waals surface area (Å²) in [5, 5.41) is 44.4. The number of carboxylic acid groups (broad SMARTS) is 1. The van der Waals surface area contributed by atoms with Gasteiger partial charge in [-0.15, -0.1) is 0 Å². The maximum absolute atomic E-state index is 12.0. The standard InChI is InChI=1S/C18H32N2O10/c1-17(2,3)29-15(26)19-7-8-10(21)11(22)12(23)13(28-8)9(14(24)25)20-16(27)30-18(4,5)6/h8-13,21-23H,7H2,1-6H3,(H,19,26)(H,20,27)(H,24,25)/t8-,9-,10-,11+,12-,13+/m1/s1. The van der Waals surface area contributed by atoms with E-state index in [1.165, 1.54) is 0 Å².